The number of anilines is 1. The molecule has 0 atom stereocenters. The summed E-state index contributed by atoms with van der Waals surface area (Å²) in [4.78, 5) is 25.7. The van der Waals surface area contributed by atoms with E-state index in [1.807, 2.05) is 44.3 Å². The maximum absolute atomic E-state index is 12.5. The zero-order valence-corrected chi connectivity index (χ0v) is 12.8. The van der Waals surface area contributed by atoms with Gasteiger partial charge in [-0.2, -0.15) is 0 Å². The van der Waals surface area contributed by atoms with Crippen molar-refractivity contribution < 1.29 is 4.79 Å². The lowest BCUT2D eigenvalue weighted by Crippen LogP contribution is -2.30. The number of carbonyl (C=O) groups is 1. The quantitative estimate of drug-likeness (QED) is 0.912. The Labute approximate surface area is 123 Å². The smallest absolute Gasteiger partial charge is 0.295 e. The van der Waals surface area contributed by atoms with Crippen LogP contribution in [0.4, 0.5) is 5.69 Å². The fourth-order valence-electron chi connectivity index (χ4n) is 2.09. The maximum Gasteiger partial charge on any atom is 0.295 e. The van der Waals surface area contributed by atoms with Crippen molar-refractivity contribution >= 4 is 11.6 Å². The van der Waals surface area contributed by atoms with Gasteiger partial charge in [0.25, 0.3) is 5.56 Å². The van der Waals surface area contributed by atoms with E-state index in [2.05, 4.69) is 5.32 Å². The Morgan fingerprint density at radius 1 is 1.24 bits per heavy atom. The van der Waals surface area contributed by atoms with Gasteiger partial charge in [0.2, 0.25) is 5.91 Å². The number of nitrogens with one attached hydrogen (secondary N) is 1. The van der Waals surface area contributed by atoms with E-state index < -0.39 is 0 Å². The molecule has 0 radical (unpaired) electrons. The molecule has 0 unspecified atom stereocenters. The zero-order valence-electron chi connectivity index (χ0n) is 12.8. The van der Waals surface area contributed by atoms with Crippen LogP contribution in [0.2, 0.25) is 0 Å². The van der Waals surface area contributed by atoms with E-state index >= 15 is 0 Å². The zero-order chi connectivity index (χ0) is 15.6. The third-order valence-electron chi connectivity index (χ3n) is 3.47. The summed E-state index contributed by atoms with van der Waals surface area (Å²) in [7, 11) is 5.19. The van der Waals surface area contributed by atoms with Crippen LogP contribution in [0.15, 0.2) is 35.1 Å². The van der Waals surface area contributed by atoms with Crippen molar-refractivity contribution in [3.8, 4) is 5.69 Å². The number of benzene rings is 1. The number of rotatable bonds is 4. The average Bonchev–Trinajstić information content (AvgIpc) is 2.68. The Balaban J connectivity index is 2.37. The first-order chi connectivity index (χ1) is 9.93. The summed E-state index contributed by atoms with van der Waals surface area (Å²) >= 11 is 0. The average molecular weight is 288 g/mol. The summed E-state index contributed by atoms with van der Waals surface area (Å²) in [6.07, 6.45) is 0. The SMILES string of the molecule is Cc1c(NCC(=O)N(C)C)c(=O)n(-c2ccccc2)n1C. The van der Waals surface area contributed by atoms with Crippen LogP contribution in [0, 0.1) is 6.92 Å². The van der Waals surface area contributed by atoms with E-state index in [0.717, 1.165) is 11.4 Å². The molecule has 1 heterocycles. The third-order valence-corrected chi connectivity index (χ3v) is 3.47. The maximum atomic E-state index is 12.5. The van der Waals surface area contributed by atoms with Gasteiger partial charge in [0.05, 0.1) is 17.9 Å². The summed E-state index contributed by atoms with van der Waals surface area (Å²) in [5, 5.41) is 2.95. The number of hydrogen-bond acceptors (Lipinski definition) is 3. The van der Waals surface area contributed by atoms with Gasteiger partial charge in [-0.1, -0.05) is 18.2 Å². The predicted molar refractivity (Wildman–Crippen MR) is 82.9 cm³/mol. The Hall–Kier alpha value is -2.50. The molecule has 112 valence electrons. The largest absolute Gasteiger partial charge is 0.370 e. The number of para-hydroxylation sites is 1. The molecular weight excluding hydrogens is 268 g/mol. The molecule has 1 aromatic heterocycles. The molecule has 2 rings (SSSR count). The molecule has 0 spiro atoms. The monoisotopic (exact) mass is 288 g/mol. The minimum Gasteiger partial charge on any atom is -0.370 e. The van der Waals surface area contributed by atoms with E-state index in [0.29, 0.717) is 5.69 Å². The highest BCUT2D eigenvalue weighted by atomic mass is 16.2. The van der Waals surface area contributed by atoms with E-state index in [-0.39, 0.29) is 18.0 Å². The number of likely N-dealkylation sites (N-methyl/N-ethyl adjacent to an activating group) is 1. The molecule has 0 saturated carbocycles. The predicted octanol–water partition coefficient (Wildman–Crippen LogP) is 0.985. The molecule has 1 amide bonds. The minimum atomic E-state index is -0.159. The van der Waals surface area contributed by atoms with Crippen LogP contribution in [0.1, 0.15) is 5.69 Å². The van der Waals surface area contributed by atoms with Crippen LogP contribution < -0.4 is 10.9 Å². The molecule has 2 aromatic rings. The Bertz CT molecular complexity index is 698. The summed E-state index contributed by atoms with van der Waals surface area (Å²) in [5.74, 6) is -0.0797. The van der Waals surface area contributed by atoms with E-state index in [9.17, 15) is 9.59 Å². The molecule has 1 N–H and O–H groups in total. The van der Waals surface area contributed by atoms with Crippen molar-refractivity contribution in [2.24, 2.45) is 7.05 Å². The van der Waals surface area contributed by atoms with Gasteiger partial charge in [-0.05, 0) is 19.1 Å². The van der Waals surface area contributed by atoms with Crippen molar-refractivity contribution in [3.63, 3.8) is 0 Å². The highest BCUT2D eigenvalue weighted by Gasteiger charge is 2.16. The normalized spacial score (nSPS) is 10.5. The second-order valence-electron chi connectivity index (χ2n) is 5.08. The van der Waals surface area contributed by atoms with Gasteiger partial charge in [-0.25, -0.2) is 4.68 Å². The van der Waals surface area contributed by atoms with Crippen LogP contribution in [-0.2, 0) is 11.8 Å². The lowest BCUT2D eigenvalue weighted by atomic mass is 10.3. The number of nitrogens with zero attached hydrogens (tertiary/aromatic N) is 3. The highest BCUT2D eigenvalue weighted by molar-refractivity contribution is 5.80. The molecule has 6 nitrogen and oxygen atoms in total. The van der Waals surface area contributed by atoms with Crippen molar-refractivity contribution in [3.05, 3.63) is 46.4 Å². The minimum absolute atomic E-state index is 0.0797. The van der Waals surface area contributed by atoms with E-state index in [4.69, 9.17) is 0 Å². The van der Waals surface area contributed by atoms with Crippen LogP contribution in [0.25, 0.3) is 5.69 Å². The van der Waals surface area contributed by atoms with Crippen LogP contribution in [-0.4, -0.2) is 40.8 Å². The van der Waals surface area contributed by atoms with Crippen molar-refractivity contribution in [1.82, 2.24) is 14.3 Å². The fourth-order valence-corrected chi connectivity index (χ4v) is 2.09. The standard InChI is InChI=1S/C15H20N4O2/c1-11-14(16-10-13(20)17(2)3)15(21)19(18(11)4)12-8-6-5-7-9-12/h5-9,16H,10H2,1-4H3. The number of hydrogen-bond donors (Lipinski definition) is 1. The summed E-state index contributed by atoms with van der Waals surface area (Å²) in [6.45, 7) is 1.95. The second-order valence-corrected chi connectivity index (χ2v) is 5.08. The van der Waals surface area contributed by atoms with Gasteiger partial charge in [-0.15, -0.1) is 0 Å². The lowest BCUT2D eigenvalue weighted by Gasteiger charge is -2.10. The molecule has 0 saturated heterocycles. The topological polar surface area (TPSA) is 59.3 Å². The van der Waals surface area contributed by atoms with Gasteiger partial charge in [-0.3, -0.25) is 14.3 Å². The molecule has 1 aromatic carbocycles. The van der Waals surface area contributed by atoms with E-state index in [1.54, 1.807) is 23.5 Å². The molecule has 0 aliphatic rings. The number of amides is 1. The first kappa shape index (κ1) is 14.9. The summed E-state index contributed by atoms with van der Waals surface area (Å²) < 4.78 is 3.36. The van der Waals surface area contributed by atoms with Crippen LogP contribution >= 0.6 is 0 Å². The van der Waals surface area contributed by atoms with Gasteiger partial charge >= 0.3 is 0 Å². The van der Waals surface area contributed by atoms with Gasteiger partial charge in [0.15, 0.2) is 0 Å². The molecule has 6 heteroatoms. The number of carbonyl (C=O) groups excluding carboxylic acids is 1. The summed E-state index contributed by atoms with van der Waals surface area (Å²) in [5.41, 5.74) is 1.87. The Kier molecular flexibility index (Phi) is 4.16. The van der Waals surface area contributed by atoms with Crippen LogP contribution in [0.3, 0.4) is 0 Å². The highest BCUT2D eigenvalue weighted by Crippen LogP contribution is 2.13. The molecule has 21 heavy (non-hydrogen) atoms. The fraction of sp³-hybridized carbons (Fsp3) is 0.333. The molecular formula is C15H20N4O2. The number of aromatic nitrogens is 2. The first-order valence-corrected chi connectivity index (χ1v) is 6.71. The third kappa shape index (κ3) is 2.84. The Morgan fingerprint density at radius 3 is 2.43 bits per heavy atom. The van der Waals surface area contributed by atoms with Gasteiger partial charge in [0.1, 0.15) is 5.69 Å². The molecule has 0 aliphatic carbocycles. The Morgan fingerprint density at radius 2 is 1.86 bits per heavy atom. The van der Waals surface area contributed by atoms with Crippen molar-refractivity contribution in [2.75, 3.05) is 26.0 Å². The van der Waals surface area contributed by atoms with E-state index in [1.165, 1.54) is 4.90 Å². The van der Waals surface area contributed by atoms with Crippen molar-refractivity contribution in [1.29, 1.82) is 0 Å². The van der Waals surface area contributed by atoms with Gasteiger partial charge < -0.3 is 10.2 Å². The van der Waals surface area contributed by atoms with Gasteiger partial charge in [0, 0.05) is 21.1 Å². The second kappa shape index (κ2) is 5.87. The first-order valence-electron chi connectivity index (χ1n) is 6.71. The molecule has 0 aliphatic heterocycles. The molecule has 0 bridgehead atoms. The lowest BCUT2D eigenvalue weighted by molar-refractivity contribution is -0.126. The molecule has 0 fully saturated rings. The van der Waals surface area contributed by atoms with Crippen molar-refractivity contribution in [2.45, 2.75) is 6.92 Å². The summed E-state index contributed by atoms with van der Waals surface area (Å²) in [6, 6.07) is 9.41. The van der Waals surface area contributed by atoms with Crippen LogP contribution in [0.5, 0.6) is 0 Å².